The third-order valence-electron chi connectivity index (χ3n) is 12.5. The van der Waals surface area contributed by atoms with Crippen molar-refractivity contribution in [2.75, 3.05) is 0 Å². The topological polar surface area (TPSA) is 50.9 Å². The number of rotatable bonds is 9. The Bertz CT molecular complexity index is 3250. The standard InChI is InChI=1S/C60H49N3O/c1-40(41-17-8-5-9-18-41)42-27-29-44(30-28-42)47-33-34-61-54(39-47)49-35-48(36-50(37-49)60(2,3)4)51-24-16-25-56-58(51)62-59(52-23-14-15-26-57(52)64)63(56)55-32-31-46(43-19-10-6-11-20-43)38-53(55)45-21-12-7-13-22-45/h5-40,64H,1-4H3. The number of phenols is 1. The molecule has 0 amide bonds. The molecule has 2 heterocycles. The molecule has 0 radical (unpaired) electrons. The van der Waals surface area contributed by atoms with Crippen molar-refractivity contribution in [3.63, 3.8) is 0 Å². The van der Waals surface area contributed by atoms with Gasteiger partial charge in [-0.2, -0.15) is 0 Å². The van der Waals surface area contributed by atoms with Crippen LogP contribution in [-0.2, 0) is 5.41 Å². The van der Waals surface area contributed by atoms with Crippen molar-refractivity contribution in [2.24, 2.45) is 0 Å². The highest BCUT2D eigenvalue weighted by molar-refractivity contribution is 5.98. The summed E-state index contributed by atoms with van der Waals surface area (Å²) in [7, 11) is 0. The predicted octanol–water partition coefficient (Wildman–Crippen LogP) is 15.6. The van der Waals surface area contributed by atoms with E-state index >= 15 is 0 Å². The molecule has 4 heteroatoms. The van der Waals surface area contributed by atoms with Gasteiger partial charge >= 0.3 is 0 Å². The Hall–Kier alpha value is -7.82. The van der Waals surface area contributed by atoms with Crippen LogP contribution in [0.4, 0.5) is 0 Å². The second-order valence-electron chi connectivity index (χ2n) is 17.7. The normalized spacial score (nSPS) is 12.1. The number of fused-ring (bicyclic) bond motifs is 1. The summed E-state index contributed by atoms with van der Waals surface area (Å²) in [5.74, 6) is 1.14. The lowest BCUT2D eigenvalue weighted by molar-refractivity contribution is 0.477. The quantitative estimate of drug-likeness (QED) is 0.158. The van der Waals surface area contributed by atoms with Gasteiger partial charge in [0, 0.05) is 28.8 Å². The molecule has 8 aromatic carbocycles. The second kappa shape index (κ2) is 16.8. The van der Waals surface area contributed by atoms with E-state index in [1.54, 1.807) is 6.07 Å². The number of nitrogens with zero attached hydrogens (tertiary/aromatic N) is 3. The Balaban J connectivity index is 1.13. The van der Waals surface area contributed by atoms with Gasteiger partial charge in [0.25, 0.3) is 0 Å². The summed E-state index contributed by atoms with van der Waals surface area (Å²) in [6.07, 6.45) is 1.92. The molecule has 1 N–H and O–H groups in total. The molecular formula is C60H49N3O. The number of phenolic OH excluding ortho intramolecular Hbond substituents is 1. The average molecular weight is 828 g/mol. The summed E-state index contributed by atoms with van der Waals surface area (Å²) in [4.78, 5) is 10.5. The van der Waals surface area contributed by atoms with Crippen LogP contribution < -0.4 is 0 Å². The van der Waals surface area contributed by atoms with Gasteiger partial charge in [-0.1, -0.05) is 179 Å². The molecule has 0 saturated carbocycles. The van der Waals surface area contributed by atoms with Crippen molar-refractivity contribution < 1.29 is 5.11 Å². The molecule has 10 rings (SSSR count). The van der Waals surface area contributed by atoms with E-state index in [-0.39, 0.29) is 11.2 Å². The van der Waals surface area contributed by atoms with Gasteiger partial charge in [-0.3, -0.25) is 9.55 Å². The molecule has 0 saturated heterocycles. The molecule has 1 unspecified atom stereocenters. The van der Waals surface area contributed by atoms with Crippen LogP contribution in [0, 0.1) is 0 Å². The van der Waals surface area contributed by atoms with Gasteiger partial charge in [0.1, 0.15) is 11.6 Å². The zero-order valence-corrected chi connectivity index (χ0v) is 36.6. The monoisotopic (exact) mass is 827 g/mol. The van der Waals surface area contributed by atoms with Crippen molar-refractivity contribution in [3.8, 4) is 78.6 Å². The van der Waals surface area contributed by atoms with Crippen molar-refractivity contribution in [1.29, 1.82) is 0 Å². The SMILES string of the molecule is CC(c1ccccc1)c1ccc(-c2ccnc(-c3cc(-c4cccc5c4nc(-c4ccccc4O)n5-c4ccc(-c5ccccc5)cc4-c4ccccc4)cc(C(C)(C)C)c3)c2)cc1. The smallest absolute Gasteiger partial charge is 0.149 e. The molecular weight excluding hydrogens is 779 g/mol. The molecule has 0 aliphatic rings. The Morgan fingerprint density at radius 2 is 1.06 bits per heavy atom. The molecule has 10 aromatic rings. The summed E-state index contributed by atoms with van der Waals surface area (Å²) in [5, 5.41) is 11.4. The molecule has 0 aliphatic carbocycles. The molecule has 64 heavy (non-hydrogen) atoms. The van der Waals surface area contributed by atoms with Gasteiger partial charge in [-0.05, 0) is 110 Å². The first kappa shape index (κ1) is 40.3. The fourth-order valence-electron chi connectivity index (χ4n) is 8.84. The van der Waals surface area contributed by atoms with Crippen LogP contribution in [-0.4, -0.2) is 19.6 Å². The number of imidazole rings is 1. The van der Waals surface area contributed by atoms with Gasteiger partial charge < -0.3 is 5.11 Å². The van der Waals surface area contributed by atoms with Crippen LogP contribution >= 0.6 is 0 Å². The second-order valence-corrected chi connectivity index (χ2v) is 17.7. The molecule has 0 bridgehead atoms. The number of pyridine rings is 1. The Kier molecular flexibility index (Phi) is 10.6. The highest BCUT2D eigenvalue weighted by Crippen LogP contribution is 2.42. The fourth-order valence-corrected chi connectivity index (χ4v) is 8.84. The number of aromatic nitrogens is 3. The Morgan fingerprint density at radius 1 is 0.469 bits per heavy atom. The van der Waals surface area contributed by atoms with Crippen LogP contribution in [0.5, 0.6) is 5.75 Å². The lowest BCUT2D eigenvalue weighted by atomic mass is 9.83. The number of benzene rings is 8. The van der Waals surface area contributed by atoms with Gasteiger partial charge in [0.2, 0.25) is 0 Å². The van der Waals surface area contributed by atoms with E-state index in [1.165, 1.54) is 16.7 Å². The Labute approximate surface area is 375 Å². The minimum atomic E-state index is -0.146. The van der Waals surface area contributed by atoms with Crippen molar-refractivity contribution in [3.05, 3.63) is 229 Å². The molecule has 1 atom stereocenters. The van der Waals surface area contributed by atoms with Crippen molar-refractivity contribution in [1.82, 2.24) is 14.5 Å². The maximum atomic E-state index is 11.4. The number of hydrogen-bond donors (Lipinski definition) is 1. The van der Waals surface area contributed by atoms with Crippen molar-refractivity contribution in [2.45, 2.75) is 39.0 Å². The lowest BCUT2D eigenvalue weighted by Crippen LogP contribution is -2.11. The van der Waals surface area contributed by atoms with Crippen LogP contribution in [0.3, 0.4) is 0 Å². The molecule has 0 fully saturated rings. The van der Waals surface area contributed by atoms with Gasteiger partial charge in [-0.15, -0.1) is 0 Å². The molecule has 0 aliphatic heterocycles. The minimum absolute atomic E-state index is 0.146. The summed E-state index contributed by atoms with van der Waals surface area (Å²) >= 11 is 0. The average Bonchev–Trinajstić information content (AvgIpc) is 3.73. The largest absolute Gasteiger partial charge is 0.507 e. The minimum Gasteiger partial charge on any atom is -0.507 e. The van der Waals surface area contributed by atoms with Crippen LogP contribution in [0.15, 0.2) is 212 Å². The summed E-state index contributed by atoms with van der Waals surface area (Å²) in [6, 6.07) is 72.3. The number of para-hydroxylation sites is 2. The summed E-state index contributed by atoms with van der Waals surface area (Å²) < 4.78 is 2.22. The summed E-state index contributed by atoms with van der Waals surface area (Å²) in [5.41, 5.74) is 17.7. The highest BCUT2D eigenvalue weighted by atomic mass is 16.3. The van der Waals surface area contributed by atoms with Gasteiger partial charge in [0.05, 0.1) is 28.0 Å². The number of aromatic hydroxyl groups is 1. The van der Waals surface area contributed by atoms with E-state index in [0.717, 1.165) is 72.5 Å². The molecule has 0 spiro atoms. The summed E-state index contributed by atoms with van der Waals surface area (Å²) in [6.45, 7) is 9.03. The van der Waals surface area contributed by atoms with E-state index in [2.05, 4.69) is 202 Å². The molecule has 2 aromatic heterocycles. The van der Waals surface area contributed by atoms with Crippen LogP contribution in [0.1, 0.15) is 50.3 Å². The first-order valence-electron chi connectivity index (χ1n) is 22.0. The van der Waals surface area contributed by atoms with E-state index in [9.17, 15) is 5.11 Å². The van der Waals surface area contributed by atoms with Crippen LogP contribution in [0.2, 0.25) is 0 Å². The maximum absolute atomic E-state index is 11.4. The zero-order chi connectivity index (χ0) is 43.8. The first-order chi connectivity index (χ1) is 31.2. The van der Waals surface area contributed by atoms with E-state index < -0.39 is 0 Å². The number of hydrogen-bond acceptors (Lipinski definition) is 3. The van der Waals surface area contributed by atoms with Gasteiger partial charge in [-0.25, -0.2) is 4.98 Å². The van der Waals surface area contributed by atoms with E-state index in [1.807, 2.05) is 36.5 Å². The van der Waals surface area contributed by atoms with Gasteiger partial charge in [0.15, 0.2) is 0 Å². The fraction of sp³-hybridized carbons (Fsp3) is 0.100. The highest BCUT2D eigenvalue weighted by Gasteiger charge is 2.24. The third-order valence-corrected chi connectivity index (χ3v) is 12.5. The molecule has 310 valence electrons. The Morgan fingerprint density at radius 3 is 1.78 bits per heavy atom. The lowest BCUT2D eigenvalue weighted by Gasteiger charge is -2.22. The van der Waals surface area contributed by atoms with E-state index in [4.69, 9.17) is 9.97 Å². The zero-order valence-electron chi connectivity index (χ0n) is 36.6. The third kappa shape index (κ3) is 7.80. The maximum Gasteiger partial charge on any atom is 0.149 e. The van der Waals surface area contributed by atoms with Crippen molar-refractivity contribution >= 4 is 11.0 Å². The first-order valence-corrected chi connectivity index (χ1v) is 22.0. The van der Waals surface area contributed by atoms with E-state index in [0.29, 0.717) is 17.3 Å². The predicted molar refractivity (Wildman–Crippen MR) is 266 cm³/mol. The van der Waals surface area contributed by atoms with Crippen LogP contribution in [0.25, 0.3) is 83.9 Å². The molecule has 4 nitrogen and oxygen atoms in total.